The van der Waals surface area contributed by atoms with E-state index in [0.717, 1.165) is 32.1 Å². The Kier molecular flexibility index (Phi) is 5.26. The number of carbonyl (C=O) groups excluding carboxylic acids is 3. The third-order valence-electron chi connectivity index (χ3n) is 7.98. The van der Waals surface area contributed by atoms with Crippen molar-refractivity contribution in [2.24, 2.45) is 11.8 Å². The van der Waals surface area contributed by atoms with E-state index in [1.807, 2.05) is 6.08 Å². The summed E-state index contributed by atoms with van der Waals surface area (Å²) in [5.74, 6) is -1.95. The number of rotatable bonds is 5. The molecular weight excluding hydrogens is 462 g/mol. The van der Waals surface area contributed by atoms with Crippen molar-refractivity contribution in [2.75, 3.05) is 10.2 Å². The first-order valence-corrected chi connectivity index (χ1v) is 12.5. The summed E-state index contributed by atoms with van der Waals surface area (Å²) in [4.78, 5) is 47.1. The summed E-state index contributed by atoms with van der Waals surface area (Å²) in [6, 6.07) is 4.16. The summed E-state index contributed by atoms with van der Waals surface area (Å²) in [5, 5.41) is 9.80. The van der Waals surface area contributed by atoms with Crippen LogP contribution in [-0.2, 0) is 19.1 Å². The lowest BCUT2D eigenvalue weighted by molar-refractivity contribution is -0.131. The predicted molar refractivity (Wildman–Crippen MR) is 129 cm³/mol. The highest BCUT2D eigenvalue weighted by molar-refractivity contribution is 6.11. The molecule has 3 amide bonds. The monoisotopic (exact) mass is 491 g/mol. The summed E-state index contributed by atoms with van der Waals surface area (Å²) in [6.45, 7) is 3.51. The summed E-state index contributed by atoms with van der Waals surface area (Å²) < 4.78 is 11.6. The smallest absolute Gasteiger partial charge is 0.246 e. The van der Waals surface area contributed by atoms with Crippen LogP contribution in [-0.4, -0.2) is 51.1 Å². The fourth-order valence-corrected chi connectivity index (χ4v) is 6.46. The molecule has 3 aliphatic heterocycles. The maximum Gasteiger partial charge on any atom is 0.246 e. The molecule has 2 saturated heterocycles. The topological polar surface area (TPSA) is 127 Å². The summed E-state index contributed by atoms with van der Waals surface area (Å²) >= 11 is 0. The molecule has 10 heteroatoms. The highest BCUT2D eigenvalue weighted by Crippen LogP contribution is 2.60. The number of aromatic nitrogens is 2. The molecule has 2 bridgehead atoms. The van der Waals surface area contributed by atoms with Gasteiger partial charge in [-0.25, -0.2) is 0 Å². The highest BCUT2D eigenvalue weighted by atomic mass is 16.5. The Labute approximate surface area is 208 Å². The van der Waals surface area contributed by atoms with E-state index in [-0.39, 0.29) is 23.7 Å². The van der Waals surface area contributed by atoms with Crippen LogP contribution in [0.1, 0.15) is 44.8 Å². The Morgan fingerprint density at radius 3 is 2.67 bits per heavy atom. The van der Waals surface area contributed by atoms with E-state index < -0.39 is 35.0 Å². The van der Waals surface area contributed by atoms with Crippen molar-refractivity contribution in [3.63, 3.8) is 0 Å². The standard InChI is InChI=1S/C26H29N5O5/c1-15-13-18(30-35-15)29-22(32)19-20-24(34)31(17-9-6-12-27-14-17)21(26(20)11-10-25(19,2)36-26)23(33)28-16-7-4-3-5-8-16/h6,9-14,16,19-21H,3-5,7-8H2,1-2H3,(H,28,33)(H,29,30,32)/t19-,20+,21+,25-,26+/m0/s1. The number of fused-ring (bicyclic) bond motifs is 1. The molecular formula is C26H29N5O5. The second-order valence-electron chi connectivity index (χ2n) is 10.4. The Morgan fingerprint density at radius 1 is 1.17 bits per heavy atom. The maximum atomic E-state index is 14.1. The van der Waals surface area contributed by atoms with Crippen molar-refractivity contribution < 1.29 is 23.6 Å². The van der Waals surface area contributed by atoms with Crippen LogP contribution in [0.4, 0.5) is 11.5 Å². The quantitative estimate of drug-likeness (QED) is 0.616. The van der Waals surface area contributed by atoms with Crippen molar-refractivity contribution in [1.29, 1.82) is 0 Å². The summed E-state index contributed by atoms with van der Waals surface area (Å²) in [5.41, 5.74) is -1.83. The largest absolute Gasteiger partial charge is 0.360 e. The van der Waals surface area contributed by atoms with Crippen LogP contribution in [0.2, 0.25) is 0 Å². The molecule has 0 unspecified atom stereocenters. The molecule has 0 aromatic carbocycles. The predicted octanol–water partition coefficient (Wildman–Crippen LogP) is 2.51. The first-order valence-electron chi connectivity index (χ1n) is 12.5. The zero-order chi connectivity index (χ0) is 25.1. The van der Waals surface area contributed by atoms with E-state index in [2.05, 4.69) is 20.8 Å². The van der Waals surface area contributed by atoms with Gasteiger partial charge in [-0.2, -0.15) is 0 Å². The van der Waals surface area contributed by atoms with Crippen LogP contribution in [0.3, 0.4) is 0 Å². The van der Waals surface area contributed by atoms with E-state index in [4.69, 9.17) is 9.26 Å². The molecule has 4 aliphatic rings. The van der Waals surface area contributed by atoms with Gasteiger partial charge in [-0.1, -0.05) is 36.6 Å². The maximum absolute atomic E-state index is 14.1. The van der Waals surface area contributed by atoms with Crippen molar-refractivity contribution in [3.8, 4) is 0 Å². The molecule has 188 valence electrons. The van der Waals surface area contributed by atoms with Gasteiger partial charge in [0.25, 0.3) is 0 Å². The minimum Gasteiger partial charge on any atom is -0.360 e. The minimum atomic E-state index is -1.28. The number of hydrogen-bond donors (Lipinski definition) is 2. The number of anilines is 2. The van der Waals surface area contributed by atoms with Crippen molar-refractivity contribution in [2.45, 2.75) is 69.2 Å². The second kappa shape index (κ2) is 8.26. The van der Waals surface area contributed by atoms with Gasteiger partial charge in [0.1, 0.15) is 17.4 Å². The van der Waals surface area contributed by atoms with Gasteiger partial charge in [-0.05, 0) is 38.8 Å². The van der Waals surface area contributed by atoms with Crippen LogP contribution in [0.5, 0.6) is 0 Å². The molecule has 10 nitrogen and oxygen atoms in total. The molecule has 5 heterocycles. The molecule has 1 spiro atoms. The Hall–Kier alpha value is -3.53. The molecule has 1 aliphatic carbocycles. The Balaban J connectivity index is 1.39. The number of carbonyl (C=O) groups is 3. The molecule has 5 atom stereocenters. The van der Waals surface area contributed by atoms with E-state index in [0.29, 0.717) is 11.4 Å². The lowest BCUT2D eigenvalue weighted by Gasteiger charge is -2.34. The van der Waals surface area contributed by atoms with Crippen LogP contribution < -0.4 is 15.5 Å². The highest BCUT2D eigenvalue weighted by Gasteiger charge is 2.76. The second-order valence-corrected chi connectivity index (χ2v) is 10.4. The van der Waals surface area contributed by atoms with Crippen LogP contribution in [0, 0.1) is 18.8 Å². The zero-order valence-electron chi connectivity index (χ0n) is 20.3. The summed E-state index contributed by atoms with van der Waals surface area (Å²) in [6.07, 6.45) is 11.9. The molecule has 36 heavy (non-hydrogen) atoms. The third kappa shape index (κ3) is 3.38. The lowest BCUT2D eigenvalue weighted by atomic mass is 9.70. The third-order valence-corrected chi connectivity index (χ3v) is 7.98. The first kappa shape index (κ1) is 22.9. The van der Waals surface area contributed by atoms with Gasteiger partial charge in [0.15, 0.2) is 5.82 Å². The van der Waals surface area contributed by atoms with Gasteiger partial charge in [0.05, 0.1) is 29.3 Å². The Bertz CT molecular complexity index is 1240. The number of ether oxygens (including phenoxy) is 1. The van der Waals surface area contributed by atoms with Crippen molar-refractivity contribution in [3.05, 3.63) is 48.5 Å². The Morgan fingerprint density at radius 2 is 1.97 bits per heavy atom. The fraction of sp³-hybridized carbons (Fsp3) is 0.500. The number of pyridine rings is 1. The number of hydrogen-bond acceptors (Lipinski definition) is 7. The SMILES string of the molecule is Cc1cc(NC(=O)[C@@H]2[C@@H]3C(=O)N(c4cccnc4)[C@H](C(=O)NC4CCCCC4)[C@@]34C=C[C@]2(C)O4)no1. The average molecular weight is 492 g/mol. The van der Waals surface area contributed by atoms with E-state index in [9.17, 15) is 14.4 Å². The molecule has 2 aromatic heterocycles. The van der Waals surface area contributed by atoms with Gasteiger partial charge in [0.2, 0.25) is 17.7 Å². The lowest BCUT2D eigenvalue weighted by Crippen LogP contribution is -2.56. The van der Waals surface area contributed by atoms with E-state index in [1.165, 1.54) is 4.90 Å². The summed E-state index contributed by atoms with van der Waals surface area (Å²) in [7, 11) is 0. The first-order chi connectivity index (χ1) is 17.3. The van der Waals surface area contributed by atoms with Gasteiger partial charge in [-0.15, -0.1) is 0 Å². The fourth-order valence-electron chi connectivity index (χ4n) is 6.46. The number of amides is 3. The van der Waals surface area contributed by atoms with Gasteiger partial charge in [-0.3, -0.25) is 24.3 Å². The number of nitrogens with zero attached hydrogens (tertiary/aromatic N) is 3. The van der Waals surface area contributed by atoms with E-state index >= 15 is 0 Å². The molecule has 6 rings (SSSR count). The number of nitrogens with one attached hydrogen (secondary N) is 2. The molecule has 1 saturated carbocycles. The van der Waals surface area contributed by atoms with Crippen molar-refractivity contribution >= 4 is 29.2 Å². The van der Waals surface area contributed by atoms with Crippen LogP contribution >= 0.6 is 0 Å². The van der Waals surface area contributed by atoms with Crippen molar-refractivity contribution in [1.82, 2.24) is 15.5 Å². The van der Waals surface area contributed by atoms with Crippen LogP contribution in [0.15, 0.2) is 47.3 Å². The minimum absolute atomic E-state index is 0.0558. The molecule has 2 aromatic rings. The van der Waals surface area contributed by atoms with E-state index in [1.54, 1.807) is 50.5 Å². The normalized spacial score (nSPS) is 33.1. The zero-order valence-corrected chi connectivity index (χ0v) is 20.3. The molecule has 0 radical (unpaired) electrons. The number of aryl methyl sites for hydroxylation is 1. The van der Waals surface area contributed by atoms with Crippen LogP contribution in [0.25, 0.3) is 0 Å². The molecule has 3 fully saturated rings. The molecule has 2 N–H and O–H groups in total. The van der Waals surface area contributed by atoms with Gasteiger partial charge >= 0.3 is 0 Å². The van der Waals surface area contributed by atoms with Gasteiger partial charge < -0.3 is 19.9 Å². The average Bonchev–Trinajstić information content (AvgIpc) is 3.57. The van der Waals surface area contributed by atoms with Gasteiger partial charge in [0, 0.05) is 18.3 Å².